The lowest BCUT2D eigenvalue weighted by atomic mass is 9.76. The highest BCUT2D eigenvalue weighted by Crippen LogP contribution is 2.39. The van der Waals surface area contributed by atoms with Gasteiger partial charge in [-0.15, -0.1) is 0 Å². The third-order valence-corrected chi connectivity index (χ3v) is 6.74. The second-order valence-electron chi connectivity index (χ2n) is 10.4. The number of carbonyl (C=O) groups excluding carboxylic acids is 3. The molecule has 0 spiro atoms. The molecule has 2 N–H and O–H groups in total. The Morgan fingerprint density at radius 3 is 2.74 bits per heavy atom. The molecular weight excluding hydrogens is 450 g/mol. The molecule has 2 saturated heterocycles. The van der Waals surface area contributed by atoms with Crippen LogP contribution in [0, 0.1) is 5.92 Å². The predicted octanol–water partition coefficient (Wildman–Crippen LogP) is 2.85. The number of pyridine rings is 1. The van der Waals surface area contributed by atoms with E-state index in [4.69, 9.17) is 9.47 Å². The van der Waals surface area contributed by atoms with Crippen molar-refractivity contribution >= 4 is 28.8 Å². The Labute approximate surface area is 204 Å². The highest BCUT2D eigenvalue weighted by molar-refractivity contribution is 6.01. The van der Waals surface area contributed by atoms with E-state index < -0.39 is 23.2 Å². The van der Waals surface area contributed by atoms with Gasteiger partial charge in [0.1, 0.15) is 5.60 Å². The molecule has 2 aliphatic rings. The average molecular weight is 484 g/mol. The number of benzene rings is 1. The summed E-state index contributed by atoms with van der Waals surface area (Å²) in [5, 5.41) is 15.0. The number of methoxy groups -OCH3 is 1. The monoisotopic (exact) mass is 483 g/mol. The fourth-order valence-electron chi connectivity index (χ4n) is 4.90. The SMILES string of the molecule is COCC1CN(C(=O)OC(C)(C)C)CCC1(O)c1ccc2ncc(C3CCC(=O)NC3=O)cc2c1. The van der Waals surface area contributed by atoms with E-state index in [2.05, 4.69) is 10.3 Å². The first-order valence-electron chi connectivity index (χ1n) is 11.9. The number of nitrogens with zero attached hydrogens (tertiary/aromatic N) is 2. The molecular formula is C26H33N3O6. The van der Waals surface area contributed by atoms with Gasteiger partial charge in [0.2, 0.25) is 11.8 Å². The van der Waals surface area contributed by atoms with Crippen molar-refractivity contribution in [1.82, 2.24) is 15.2 Å². The van der Waals surface area contributed by atoms with Crippen molar-refractivity contribution in [2.45, 2.75) is 57.2 Å². The Hall–Kier alpha value is -3.04. The third-order valence-electron chi connectivity index (χ3n) is 6.74. The smallest absolute Gasteiger partial charge is 0.410 e. The number of aromatic nitrogens is 1. The van der Waals surface area contributed by atoms with E-state index in [1.165, 1.54) is 0 Å². The van der Waals surface area contributed by atoms with Gasteiger partial charge in [0.15, 0.2) is 0 Å². The lowest BCUT2D eigenvalue weighted by Gasteiger charge is -2.44. The molecule has 9 heteroatoms. The van der Waals surface area contributed by atoms with Gasteiger partial charge in [-0.05, 0) is 62.9 Å². The number of amides is 3. The molecule has 9 nitrogen and oxygen atoms in total. The normalized spacial score (nSPS) is 25.5. The fraction of sp³-hybridized carbons (Fsp3) is 0.538. The van der Waals surface area contributed by atoms with Crippen LogP contribution >= 0.6 is 0 Å². The Balaban J connectivity index is 1.61. The van der Waals surface area contributed by atoms with Gasteiger partial charge >= 0.3 is 6.09 Å². The maximum atomic E-state index is 12.6. The lowest BCUT2D eigenvalue weighted by molar-refractivity contribution is -0.134. The molecule has 0 radical (unpaired) electrons. The van der Waals surface area contributed by atoms with Gasteiger partial charge in [0.25, 0.3) is 0 Å². The molecule has 0 saturated carbocycles. The summed E-state index contributed by atoms with van der Waals surface area (Å²) in [6.45, 7) is 6.38. The topological polar surface area (TPSA) is 118 Å². The summed E-state index contributed by atoms with van der Waals surface area (Å²) in [5.74, 6) is -1.37. The van der Waals surface area contributed by atoms with Crippen LogP contribution < -0.4 is 5.32 Å². The third kappa shape index (κ3) is 5.31. The minimum absolute atomic E-state index is 0.258. The van der Waals surface area contributed by atoms with Crippen LogP contribution in [0.3, 0.4) is 0 Å². The number of carbonyl (C=O) groups is 3. The largest absolute Gasteiger partial charge is 0.444 e. The van der Waals surface area contributed by atoms with Crippen molar-refractivity contribution in [1.29, 1.82) is 0 Å². The Morgan fingerprint density at radius 2 is 2.06 bits per heavy atom. The molecule has 2 fully saturated rings. The van der Waals surface area contributed by atoms with Gasteiger partial charge in [-0.1, -0.05) is 6.07 Å². The van der Waals surface area contributed by atoms with Crippen LogP contribution in [0.1, 0.15) is 57.1 Å². The highest BCUT2D eigenvalue weighted by atomic mass is 16.6. The number of piperidine rings is 2. The van der Waals surface area contributed by atoms with Crippen LogP contribution in [0.4, 0.5) is 4.79 Å². The average Bonchev–Trinajstić information content (AvgIpc) is 2.79. The van der Waals surface area contributed by atoms with Gasteiger partial charge < -0.3 is 19.5 Å². The van der Waals surface area contributed by atoms with Gasteiger partial charge in [0.05, 0.1) is 23.6 Å². The van der Waals surface area contributed by atoms with Gasteiger partial charge in [-0.2, -0.15) is 0 Å². The van der Waals surface area contributed by atoms with E-state index in [0.29, 0.717) is 37.9 Å². The number of ether oxygens (including phenoxy) is 2. The second-order valence-corrected chi connectivity index (χ2v) is 10.4. The predicted molar refractivity (Wildman–Crippen MR) is 129 cm³/mol. The summed E-state index contributed by atoms with van der Waals surface area (Å²) >= 11 is 0. The molecule has 3 amide bonds. The van der Waals surface area contributed by atoms with Crippen LogP contribution in [0.5, 0.6) is 0 Å². The molecule has 2 aliphatic heterocycles. The van der Waals surface area contributed by atoms with Crippen molar-refractivity contribution in [3.63, 3.8) is 0 Å². The second kappa shape index (κ2) is 9.54. The number of rotatable bonds is 4. The molecule has 3 unspecified atom stereocenters. The Bertz CT molecular complexity index is 1140. The van der Waals surface area contributed by atoms with Crippen LogP contribution in [0.15, 0.2) is 30.5 Å². The molecule has 35 heavy (non-hydrogen) atoms. The molecule has 0 aliphatic carbocycles. The van der Waals surface area contributed by atoms with E-state index in [-0.39, 0.29) is 24.3 Å². The van der Waals surface area contributed by atoms with Crippen LogP contribution in [-0.2, 0) is 24.7 Å². The Morgan fingerprint density at radius 1 is 1.29 bits per heavy atom. The van der Waals surface area contributed by atoms with Crippen LogP contribution in [0.25, 0.3) is 10.9 Å². The minimum atomic E-state index is -1.21. The molecule has 1 aromatic carbocycles. The summed E-state index contributed by atoms with van der Waals surface area (Å²) in [7, 11) is 1.57. The zero-order valence-electron chi connectivity index (χ0n) is 20.7. The number of nitrogens with one attached hydrogen (secondary N) is 1. The highest BCUT2D eigenvalue weighted by Gasteiger charge is 2.45. The van der Waals surface area contributed by atoms with Crippen molar-refractivity contribution in [3.05, 3.63) is 41.6 Å². The molecule has 3 heterocycles. The maximum absolute atomic E-state index is 12.6. The fourth-order valence-corrected chi connectivity index (χ4v) is 4.90. The molecule has 0 bridgehead atoms. The molecule has 3 atom stereocenters. The van der Waals surface area contributed by atoms with Crippen molar-refractivity contribution in [2.75, 3.05) is 26.8 Å². The number of aliphatic hydroxyl groups is 1. The van der Waals surface area contributed by atoms with E-state index in [0.717, 1.165) is 16.5 Å². The number of imide groups is 1. The summed E-state index contributed by atoms with van der Waals surface area (Å²) < 4.78 is 10.9. The molecule has 2 aromatic rings. The first-order valence-corrected chi connectivity index (χ1v) is 11.9. The van der Waals surface area contributed by atoms with E-state index in [9.17, 15) is 19.5 Å². The molecule has 1 aromatic heterocycles. The van der Waals surface area contributed by atoms with Crippen molar-refractivity contribution < 1.29 is 29.0 Å². The number of hydrogen-bond donors (Lipinski definition) is 2. The Kier molecular flexibility index (Phi) is 6.83. The van der Waals surface area contributed by atoms with E-state index in [1.807, 2.05) is 45.0 Å². The van der Waals surface area contributed by atoms with Gasteiger partial charge in [-0.3, -0.25) is 19.9 Å². The van der Waals surface area contributed by atoms with Crippen molar-refractivity contribution in [3.8, 4) is 0 Å². The van der Waals surface area contributed by atoms with Gasteiger partial charge in [-0.25, -0.2) is 4.79 Å². The first kappa shape index (κ1) is 25.1. The summed E-state index contributed by atoms with van der Waals surface area (Å²) in [5.41, 5.74) is 0.362. The molecule has 4 rings (SSSR count). The maximum Gasteiger partial charge on any atom is 0.410 e. The van der Waals surface area contributed by atoms with E-state index in [1.54, 1.807) is 18.2 Å². The number of fused-ring (bicyclic) bond motifs is 1. The van der Waals surface area contributed by atoms with Gasteiger partial charge in [0, 0.05) is 44.1 Å². The van der Waals surface area contributed by atoms with Crippen LogP contribution in [0.2, 0.25) is 0 Å². The lowest BCUT2D eigenvalue weighted by Crippen LogP contribution is -2.54. The van der Waals surface area contributed by atoms with E-state index >= 15 is 0 Å². The first-order chi connectivity index (χ1) is 16.5. The molecule has 188 valence electrons. The van der Waals surface area contributed by atoms with Crippen molar-refractivity contribution in [2.24, 2.45) is 5.92 Å². The summed E-state index contributed by atoms with van der Waals surface area (Å²) in [6, 6.07) is 7.49. The summed E-state index contributed by atoms with van der Waals surface area (Å²) in [4.78, 5) is 42.6. The zero-order chi connectivity index (χ0) is 25.4. The number of hydrogen-bond acceptors (Lipinski definition) is 7. The quantitative estimate of drug-likeness (QED) is 0.642. The zero-order valence-corrected chi connectivity index (χ0v) is 20.7. The number of likely N-dealkylation sites (tertiary alicyclic amines) is 1. The standard InChI is InChI=1S/C26H33N3O6/c1-25(2,3)35-24(32)29-10-9-26(33,19(14-29)15-34-4)18-5-7-21-16(12-18)11-17(13-27-21)20-6-8-22(30)28-23(20)31/h5,7,11-13,19-20,33H,6,8-10,14-15H2,1-4H3,(H,28,30,31). The van der Waals surface area contributed by atoms with Crippen LogP contribution in [-0.4, -0.2) is 65.3 Å². The minimum Gasteiger partial charge on any atom is -0.444 e. The summed E-state index contributed by atoms with van der Waals surface area (Å²) in [6.07, 6.45) is 2.33.